The molecule has 0 fully saturated rings. The molecule has 0 bridgehead atoms. The van der Waals surface area contributed by atoms with Gasteiger partial charge >= 0.3 is 21.1 Å². The fraction of sp³-hybridized carbons (Fsp3) is 0.200. The number of benzene rings is 5. The van der Waals surface area contributed by atoms with Gasteiger partial charge in [0.2, 0.25) is 5.88 Å². The van der Waals surface area contributed by atoms with Crippen molar-refractivity contribution in [1.82, 2.24) is 9.97 Å². The molecule has 0 aliphatic heterocycles. The molecule has 9 rings (SSSR count). The van der Waals surface area contributed by atoms with E-state index >= 15 is 0 Å². The number of hydrogen-bond donors (Lipinski definition) is 0. The smallest absolute Gasteiger partial charge is 0.491 e. The summed E-state index contributed by atoms with van der Waals surface area (Å²) in [5.41, 5.74) is 9.09. The van der Waals surface area contributed by atoms with Crippen LogP contribution in [-0.2, 0) is 33.9 Å². The topological polar surface area (TPSA) is 61.3 Å². The van der Waals surface area contributed by atoms with Gasteiger partial charge in [-0.25, -0.2) is 0 Å². The van der Waals surface area contributed by atoms with E-state index in [1.165, 1.54) is 11.1 Å². The van der Waals surface area contributed by atoms with Gasteiger partial charge in [0.15, 0.2) is 0 Å². The number of hydrogen-bond acceptors (Lipinski definition) is 5. The van der Waals surface area contributed by atoms with E-state index in [0.29, 0.717) is 17.3 Å². The van der Waals surface area contributed by atoms with Crippen LogP contribution in [0.25, 0.3) is 77.5 Å². The Bertz CT molecular complexity index is 2870. The molecule has 5 aromatic carbocycles. The fourth-order valence-corrected chi connectivity index (χ4v) is 7.55. The van der Waals surface area contributed by atoms with Crippen molar-refractivity contribution < 1.29 is 34.6 Å². The van der Waals surface area contributed by atoms with Crippen molar-refractivity contribution >= 4 is 43.7 Å². The number of fused-ring (bicyclic) bond motifs is 6. The molecule has 0 radical (unpaired) electrons. The van der Waals surface area contributed by atoms with Gasteiger partial charge in [0.1, 0.15) is 16.9 Å². The van der Waals surface area contributed by atoms with E-state index in [1.54, 1.807) is 6.20 Å². The van der Waals surface area contributed by atoms with E-state index in [-0.39, 0.29) is 31.9 Å². The number of rotatable bonds is 7. The van der Waals surface area contributed by atoms with E-state index in [2.05, 4.69) is 119 Å². The first-order chi connectivity index (χ1) is 26.4. The molecule has 5 nitrogen and oxygen atoms in total. The predicted octanol–water partition coefficient (Wildman–Crippen LogP) is 13.8. The summed E-state index contributed by atoms with van der Waals surface area (Å²) in [6.45, 7) is 13.5. The van der Waals surface area contributed by atoms with E-state index in [0.717, 1.165) is 84.7 Å². The van der Waals surface area contributed by atoms with Crippen molar-refractivity contribution in [2.75, 3.05) is 0 Å². The Morgan fingerprint density at radius 1 is 0.643 bits per heavy atom. The Balaban J connectivity index is 0.00000441. The molecule has 4 heterocycles. The van der Waals surface area contributed by atoms with Crippen LogP contribution in [0.4, 0.5) is 0 Å². The van der Waals surface area contributed by atoms with E-state index in [9.17, 15) is 0 Å². The molecule has 0 N–H and O–H groups in total. The third-order valence-electron chi connectivity index (χ3n) is 9.76. The zero-order valence-electron chi connectivity index (χ0n) is 32.4. The second-order valence-corrected chi connectivity index (χ2v) is 17.0. The van der Waals surface area contributed by atoms with Crippen LogP contribution < -0.4 is 4.74 Å². The maximum absolute atomic E-state index is 6.82. The Kier molecular flexibility index (Phi) is 9.71. The summed E-state index contributed by atoms with van der Waals surface area (Å²) < 4.78 is 20.0. The largest absolute Gasteiger partial charge is 2.00 e. The van der Waals surface area contributed by atoms with Crippen molar-refractivity contribution in [3.8, 4) is 45.5 Å². The summed E-state index contributed by atoms with van der Waals surface area (Å²) >= 11 is 0. The van der Waals surface area contributed by atoms with Gasteiger partial charge in [-0.15, -0.1) is 41.3 Å². The van der Waals surface area contributed by atoms with Crippen LogP contribution in [0.15, 0.2) is 130 Å². The Hall–Kier alpha value is -5.51. The summed E-state index contributed by atoms with van der Waals surface area (Å²) in [6.07, 6.45) is 3.67. The predicted molar refractivity (Wildman–Crippen MR) is 223 cm³/mol. The van der Waals surface area contributed by atoms with Crippen LogP contribution in [0, 0.1) is 23.0 Å². The molecule has 6 heteroatoms. The van der Waals surface area contributed by atoms with Gasteiger partial charge in [-0.1, -0.05) is 119 Å². The minimum absolute atomic E-state index is 0. The van der Waals surface area contributed by atoms with Gasteiger partial charge in [-0.3, -0.25) is 4.98 Å². The van der Waals surface area contributed by atoms with Crippen LogP contribution in [0.2, 0.25) is 0 Å². The molecule has 0 saturated carbocycles. The first kappa shape index (κ1) is 37.4. The first-order valence-corrected chi connectivity index (χ1v) is 18.9. The van der Waals surface area contributed by atoms with Crippen molar-refractivity contribution in [1.29, 1.82) is 0 Å². The van der Waals surface area contributed by atoms with Crippen LogP contribution in [-0.4, -0.2) is 9.97 Å². The molecular weight excluding hydrogens is 872 g/mol. The van der Waals surface area contributed by atoms with E-state index < -0.39 is 0 Å². The van der Waals surface area contributed by atoms with Gasteiger partial charge in [0, 0.05) is 40.0 Å². The number of pyridine rings is 2. The maximum atomic E-state index is 6.82. The third-order valence-corrected chi connectivity index (χ3v) is 9.76. The van der Waals surface area contributed by atoms with Crippen LogP contribution in [0.5, 0.6) is 11.6 Å². The Morgan fingerprint density at radius 2 is 1.39 bits per heavy atom. The summed E-state index contributed by atoms with van der Waals surface area (Å²) in [4.78, 5) is 9.65. The van der Waals surface area contributed by atoms with Crippen molar-refractivity contribution in [2.45, 2.75) is 54.4 Å². The Morgan fingerprint density at radius 3 is 2.16 bits per heavy atom. The standard InChI is InChI=1S/C50H42N2O3.Pt/c1-49(2,3)29-31-17-19-35-27-44(54-43(35)22-31)36-26-42(52-46(28-36)53-37-14-11-13-34(24-37)41-16-9-10-21-51-41)40-25-33-12-7-8-15-38(33)47-39-20-18-32(30-50(4,5)6)23-45(39)55-48(40)47;/h7-23,26-28H,29-30H2,1-6H3;/q-2;+2. The van der Waals surface area contributed by atoms with Crippen molar-refractivity contribution in [3.63, 3.8) is 0 Å². The molecule has 56 heavy (non-hydrogen) atoms. The number of nitrogens with zero attached hydrogens (tertiary/aromatic N) is 2. The number of furan rings is 2. The summed E-state index contributed by atoms with van der Waals surface area (Å²) in [7, 11) is 0. The maximum Gasteiger partial charge on any atom is 2.00 e. The van der Waals surface area contributed by atoms with Crippen molar-refractivity contribution in [2.24, 2.45) is 10.8 Å². The number of aromatic nitrogens is 2. The summed E-state index contributed by atoms with van der Waals surface area (Å²) in [5, 5.41) is 5.21. The minimum Gasteiger partial charge on any atom is -0.491 e. The monoisotopic (exact) mass is 913 g/mol. The molecule has 4 aromatic heterocycles. The van der Waals surface area contributed by atoms with Gasteiger partial charge in [-0.2, -0.15) is 0 Å². The molecule has 9 aromatic rings. The molecule has 0 unspecified atom stereocenters. The zero-order valence-corrected chi connectivity index (χ0v) is 34.7. The number of ether oxygens (including phenoxy) is 1. The summed E-state index contributed by atoms with van der Waals surface area (Å²) in [5.74, 6) is 1.64. The fourth-order valence-electron chi connectivity index (χ4n) is 7.55. The first-order valence-electron chi connectivity index (χ1n) is 18.9. The zero-order chi connectivity index (χ0) is 37.9. The Labute approximate surface area is 342 Å². The SMILES string of the molecule is CC(C)(C)Cc1ccc2cc(-c3cc(Oc4[c-]c(-c5ccccn5)ccc4)nc(-c4[c-]c5ccccc5c5c4oc4cc(CC(C)(C)C)ccc45)c3)oc2c1.[Pt+2]. The molecule has 0 saturated heterocycles. The average molecular weight is 914 g/mol. The molecule has 280 valence electrons. The quantitative estimate of drug-likeness (QED) is 0.149. The molecule has 0 spiro atoms. The van der Waals surface area contributed by atoms with Crippen LogP contribution in [0.3, 0.4) is 0 Å². The van der Waals surface area contributed by atoms with Gasteiger partial charge in [-0.05, 0) is 70.1 Å². The summed E-state index contributed by atoms with van der Waals surface area (Å²) in [6, 6.07) is 46.2. The van der Waals surface area contributed by atoms with Crippen molar-refractivity contribution in [3.05, 3.63) is 145 Å². The molecule has 0 aliphatic carbocycles. The van der Waals surface area contributed by atoms with Gasteiger partial charge < -0.3 is 18.6 Å². The van der Waals surface area contributed by atoms with Crippen LogP contribution in [0.1, 0.15) is 52.7 Å². The molecule has 0 atom stereocenters. The molecular formula is C50H42N2O3Pt. The second kappa shape index (κ2) is 14.5. The van der Waals surface area contributed by atoms with E-state index in [4.69, 9.17) is 18.6 Å². The normalized spacial score (nSPS) is 12.1. The molecule has 0 amide bonds. The second-order valence-electron chi connectivity index (χ2n) is 17.0. The van der Waals surface area contributed by atoms with E-state index in [1.807, 2.05) is 54.6 Å². The van der Waals surface area contributed by atoms with Gasteiger partial charge in [0.05, 0.1) is 5.58 Å². The van der Waals surface area contributed by atoms with Gasteiger partial charge in [0.25, 0.3) is 0 Å². The average Bonchev–Trinajstić information content (AvgIpc) is 3.75. The minimum atomic E-state index is 0. The molecule has 0 aliphatic rings. The third kappa shape index (κ3) is 7.66. The van der Waals surface area contributed by atoms with Crippen LogP contribution >= 0.6 is 0 Å².